The van der Waals surface area contributed by atoms with Crippen molar-refractivity contribution in [1.29, 1.82) is 0 Å². The van der Waals surface area contributed by atoms with Crippen LogP contribution in [0, 0.1) is 0 Å². The van der Waals surface area contributed by atoms with Crippen molar-refractivity contribution in [3.05, 3.63) is 23.8 Å². The number of nitrogens with one attached hydrogen (secondary N) is 2. The van der Waals surface area contributed by atoms with Crippen LogP contribution >= 0.6 is 0 Å². The molecule has 98 valence electrons. The highest BCUT2D eigenvalue weighted by Gasteiger charge is 2.17. The number of amides is 2. The summed E-state index contributed by atoms with van der Waals surface area (Å²) in [7, 11) is 0. The lowest BCUT2D eigenvalue weighted by molar-refractivity contribution is 0.0693. The first-order chi connectivity index (χ1) is 8.20. The molecule has 0 aliphatic heterocycles. The van der Waals surface area contributed by atoms with E-state index in [1.165, 1.54) is 18.2 Å². The van der Waals surface area contributed by atoms with Gasteiger partial charge in [0.2, 0.25) is 0 Å². The van der Waals surface area contributed by atoms with E-state index < -0.39 is 23.3 Å². The van der Waals surface area contributed by atoms with E-state index in [-0.39, 0.29) is 11.3 Å². The monoisotopic (exact) mass is 252 g/mol. The maximum Gasteiger partial charge on any atom is 0.339 e. The lowest BCUT2D eigenvalue weighted by Crippen LogP contribution is -2.43. The quantitative estimate of drug-likeness (QED) is 0.605. The number of aromatic carboxylic acids is 1. The molecule has 1 aromatic rings. The zero-order chi connectivity index (χ0) is 13.9. The number of para-hydroxylation sites is 1. The Kier molecular flexibility index (Phi) is 3.80. The van der Waals surface area contributed by atoms with Gasteiger partial charge in [-0.2, -0.15) is 0 Å². The van der Waals surface area contributed by atoms with Gasteiger partial charge in [-0.25, -0.2) is 9.59 Å². The fraction of sp³-hybridized carbons (Fsp3) is 0.333. The highest BCUT2D eigenvalue weighted by Crippen LogP contribution is 2.27. The Morgan fingerprint density at radius 3 is 2.33 bits per heavy atom. The molecule has 0 radical (unpaired) electrons. The summed E-state index contributed by atoms with van der Waals surface area (Å²) in [4.78, 5) is 22.4. The second-order valence-electron chi connectivity index (χ2n) is 4.84. The predicted octanol–water partition coefficient (Wildman–Crippen LogP) is 2.01. The maximum absolute atomic E-state index is 11.6. The molecular weight excluding hydrogens is 236 g/mol. The normalized spacial score (nSPS) is 10.8. The number of phenols is 1. The lowest BCUT2D eigenvalue weighted by Gasteiger charge is -2.21. The summed E-state index contributed by atoms with van der Waals surface area (Å²) in [6.07, 6.45) is 0. The van der Waals surface area contributed by atoms with E-state index in [0.717, 1.165) is 0 Å². The summed E-state index contributed by atoms with van der Waals surface area (Å²) < 4.78 is 0. The number of carbonyl (C=O) groups is 2. The zero-order valence-corrected chi connectivity index (χ0v) is 10.4. The number of urea groups is 1. The third kappa shape index (κ3) is 3.65. The molecule has 6 heteroatoms. The van der Waals surface area contributed by atoms with Crippen LogP contribution in [0.25, 0.3) is 0 Å². The third-order valence-electron chi connectivity index (χ3n) is 2.00. The first kappa shape index (κ1) is 13.8. The molecule has 0 aliphatic carbocycles. The first-order valence-electron chi connectivity index (χ1n) is 5.35. The highest BCUT2D eigenvalue weighted by atomic mass is 16.4. The Balaban J connectivity index is 2.89. The summed E-state index contributed by atoms with van der Waals surface area (Å²) in [5.41, 5.74) is -0.635. The summed E-state index contributed by atoms with van der Waals surface area (Å²) in [6.45, 7) is 5.42. The van der Waals surface area contributed by atoms with Crippen molar-refractivity contribution in [2.75, 3.05) is 5.32 Å². The Morgan fingerprint density at radius 1 is 1.22 bits per heavy atom. The molecule has 0 spiro atoms. The van der Waals surface area contributed by atoms with Crippen molar-refractivity contribution in [1.82, 2.24) is 5.32 Å². The molecule has 18 heavy (non-hydrogen) atoms. The number of hydrogen-bond acceptors (Lipinski definition) is 3. The Bertz CT molecular complexity index is 477. The van der Waals surface area contributed by atoms with Crippen LogP contribution < -0.4 is 10.6 Å². The number of aromatic hydroxyl groups is 1. The minimum Gasteiger partial charge on any atom is -0.505 e. The predicted molar refractivity (Wildman–Crippen MR) is 67.0 cm³/mol. The van der Waals surface area contributed by atoms with Gasteiger partial charge in [0.25, 0.3) is 0 Å². The second-order valence-corrected chi connectivity index (χ2v) is 4.84. The van der Waals surface area contributed by atoms with Crippen LogP contribution in [0.4, 0.5) is 10.5 Å². The van der Waals surface area contributed by atoms with Gasteiger partial charge < -0.3 is 20.8 Å². The van der Waals surface area contributed by atoms with Crippen molar-refractivity contribution >= 4 is 17.7 Å². The van der Waals surface area contributed by atoms with Gasteiger partial charge in [-0.1, -0.05) is 6.07 Å². The zero-order valence-electron chi connectivity index (χ0n) is 10.4. The molecule has 6 nitrogen and oxygen atoms in total. The van der Waals surface area contributed by atoms with Gasteiger partial charge in [0, 0.05) is 5.54 Å². The van der Waals surface area contributed by atoms with E-state index in [0.29, 0.717) is 0 Å². The molecule has 1 rings (SSSR count). The van der Waals surface area contributed by atoms with E-state index in [4.69, 9.17) is 5.11 Å². The third-order valence-corrected chi connectivity index (χ3v) is 2.00. The lowest BCUT2D eigenvalue weighted by atomic mass is 10.1. The topological polar surface area (TPSA) is 98.7 Å². The molecule has 0 atom stereocenters. The number of carboxylic acids is 1. The molecule has 1 aromatic carbocycles. The van der Waals surface area contributed by atoms with Gasteiger partial charge in [0.05, 0.1) is 5.69 Å². The largest absolute Gasteiger partial charge is 0.505 e. The summed E-state index contributed by atoms with van der Waals surface area (Å²) in [5, 5.41) is 23.5. The molecule has 0 bridgehead atoms. The molecule has 0 aromatic heterocycles. The van der Waals surface area contributed by atoms with Crippen LogP contribution in [-0.4, -0.2) is 27.8 Å². The highest BCUT2D eigenvalue weighted by molar-refractivity contribution is 5.97. The molecule has 0 aliphatic rings. The van der Waals surface area contributed by atoms with E-state index in [1.54, 1.807) is 20.8 Å². The molecule has 0 saturated heterocycles. The van der Waals surface area contributed by atoms with Crippen molar-refractivity contribution in [2.45, 2.75) is 26.3 Å². The van der Waals surface area contributed by atoms with Crippen LogP contribution in [0.1, 0.15) is 31.1 Å². The van der Waals surface area contributed by atoms with Gasteiger partial charge in [0.15, 0.2) is 5.75 Å². The van der Waals surface area contributed by atoms with Gasteiger partial charge in [-0.15, -0.1) is 0 Å². The fourth-order valence-electron chi connectivity index (χ4n) is 1.31. The van der Waals surface area contributed by atoms with Gasteiger partial charge in [-0.3, -0.25) is 0 Å². The van der Waals surface area contributed by atoms with Gasteiger partial charge in [0.1, 0.15) is 5.56 Å². The second kappa shape index (κ2) is 4.95. The molecule has 0 heterocycles. The average Bonchev–Trinajstić information content (AvgIpc) is 2.17. The van der Waals surface area contributed by atoms with Gasteiger partial charge >= 0.3 is 12.0 Å². The van der Waals surface area contributed by atoms with E-state index >= 15 is 0 Å². The maximum atomic E-state index is 11.6. The Morgan fingerprint density at radius 2 is 1.83 bits per heavy atom. The number of carbonyl (C=O) groups excluding carboxylic acids is 1. The average molecular weight is 252 g/mol. The van der Waals surface area contributed by atoms with Crippen molar-refractivity contribution in [2.24, 2.45) is 0 Å². The van der Waals surface area contributed by atoms with Gasteiger partial charge in [-0.05, 0) is 32.9 Å². The number of anilines is 1. The van der Waals surface area contributed by atoms with Crippen LogP contribution in [0.15, 0.2) is 18.2 Å². The number of benzene rings is 1. The SMILES string of the molecule is CC(C)(C)NC(=O)Nc1cccc(C(=O)O)c1O. The fourth-order valence-corrected chi connectivity index (χ4v) is 1.31. The summed E-state index contributed by atoms with van der Waals surface area (Å²) in [6, 6.07) is 3.60. The van der Waals surface area contributed by atoms with Crippen LogP contribution in [0.5, 0.6) is 5.75 Å². The van der Waals surface area contributed by atoms with Crippen molar-refractivity contribution < 1.29 is 19.8 Å². The van der Waals surface area contributed by atoms with Crippen LogP contribution in [0.2, 0.25) is 0 Å². The molecule has 0 fully saturated rings. The van der Waals surface area contributed by atoms with E-state index in [1.807, 2.05) is 0 Å². The number of hydrogen-bond donors (Lipinski definition) is 4. The summed E-state index contributed by atoms with van der Waals surface area (Å²) >= 11 is 0. The number of carboxylic acid groups (broad SMARTS) is 1. The summed E-state index contributed by atoms with van der Waals surface area (Å²) in [5.74, 6) is -1.72. The molecule has 0 saturated carbocycles. The Labute approximate surface area is 105 Å². The van der Waals surface area contributed by atoms with Crippen molar-refractivity contribution in [3.63, 3.8) is 0 Å². The van der Waals surface area contributed by atoms with E-state index in [2.05, 4.69) is 10.6 Å². The standard InChI is InChI=1S/C12H16N2O4/c1-12(2,3)14-11(18)13-8-6-4-5-7(9(8)15)10(16)17/h4-6,15H,1-3H3,(H,16,17)(H2,13,14,18). The van der Waals surface area contributed by atoms with Crippen LogP contribution in [-0.2, 0) is 0 Å². The minimum atomic E-state index is -1.26. The molecular formula is C12H16N2O4. The van der Waals surface area contributed by atoms with E-state index in [9.17, 15) is 14.7 Å². The molecule has 0 unspecified atom stereocenters. The molecule has 4 N–H and O–H groups in total. The van der Waals surface area contributed by atoms with Crippen LogP contribution in [0.3, 0.4) is 0 Å². The smallest absolute Gasteiger partial charge is 0.339 e. The minimum absolute atomic E-state index is 0.0525. The molecule has 2 amide bonds. The Hall–Kier alpha value is -2.24. The van der Waals surface area contributed by atoms with Crippen molar-refractivity contribution in [3.8, 4) is 5.75 Å². The first-order valence-corrected chi connectivity index (χ1v) is 5.35. The number of rotatable bonds is 2.